The number of benzene rings is 2. The van der Waals surface area contributed by atoms with Crippen molar-refractivity contribution in [3.63, 3.8) is 0 Å². The molecular formula is C25H35N3O4S. The summed E-state index contributed by atoms with van der Waals surface area (Å²) in [4.78, 5) is 15.4. The van der Waals surface area contributed by atoms with Crippen molar-refractivity contribution in [1.82, 2.24) is 10.2 Å². The van der Waals surface area contributed by atoms with Crippen molar-refractivity contribution in [2.24, 2.45) is 0 Å². The van der Waals surface area contributed by atoms with Gasteiger partial charge in [0.15, 0.2) is 0 Å². The molecule has 0 spiro atoms. The highest BCUT2D eigenvalue weighted by molar-refractivity contribution is 7.92. The number of ether oxygens (including phenoxy) is 1. The molecule has 1 N–H and O–H groups in total. The Hall–Kier alpha value is -2.58. The minimum atomic E-state index is -3.67. The van der Waals surface area contributed by atoms with Crippen LogP contribution >= 0.6 is 0 Å². The Bertz CT molecular complexity index is 1020. The van der Waals surface area contributed by atoms with E-state index in [1.807, 2.05) is 25.1 Å². The number of carbonyl (C=O) groups is 1. The number of nitrogens with zero attached hydrogens (tertiary/aromatic N) is 2. The summed E-state index contributed by atoms with van der Waals surface area (Å²) in [6.45, 7) is 7.43. The molecule has 7 nitrogen and oxygen atoms in total. The number of nitrogens with one attached hydrogen (secondary N) is 1. The van der Waals surface area contributed by atoms with E-state index in [0.717, 1.165) is 35.8 Å². The highest BCUT2D eigenvalue weighted by Crippen LogP contribution is 2.24. The van der Waals surface area contributed by atoms with Gasteiger partial charge in [0.1, 0.15) is 11.8 Å². The molecule has 0 radical (unpaired) electrons. The average molecular weight is 474 g/mol. The molecule has 2 aromatic rings. The van der Waals surface area contributed by atoms with E-state index in [0.29, 0.717) is 24.6 Å². The second kappa shape index (κ2) is 11.5. The zero-order valence-corrected chi connectivity index (χ0v) is 20.6. The number of rotatable bonds is 10. The number of carbonyl (C=O) groups excluding carboxylic acids is 1. The number of sulfonamides is 1. The first-order valence-corrected chi connectivity index (χ1v) is 13.4. The monoisotopic (exact) mass is 473 g/mol. The molecule has 8 heteroatoms. The van der Waals surface area contributed by atoms with E-state index in [1.54, 1.807) is 31.2 Å². The second-order valence-electron chi connectivity index (χ2n) is 8.49. The molecule has 0 aromatic heterocycles. The lowest BCUT2D eigenvalue weighted by Gasteiger charge is -2.29. The van der Waals surface area contributed by atoms with Crippen molar-refractivity contribution in [1.29, 1.82) is 0 Å². The standard InChI is InChI=1S/C25H35N3O4S/c1-4-32-24-14-12-23(13-15-24)28(33(3,30)31)20(2)25(29)26-18-21-10-6-7-11-22(21)19-27-16-8-5-9-17-27/h6-7,10-15,20H,4-5,8-9,16-19H2,1-3H3,(H,26,29)/t20-/m1/s1. The molecule has 1 amide bonds. The van der Waals surface area contributed by atoms with Gasteiger partial charge in [0.25, 0.3) is 0 Å². The van der Waals surface area contributed by atoms with Crippen LogP contribution in [0.2, 0.25) is 0 Å². The van der Waals surface area contributed by atoms with Crippen molar-refractivity contribution in [2.75, 3.05) is 30.3 Å². The van der Waals surface area contributed by atoms with E-state index in [-0.39, 0.29) is 5.91 Å². The molecule has 1 saturated heterocycles. The van der Waals surface area contributed by atoms with Crippen LogP contribution < -0.4 is 14.4 Å². The van der Waals surface area contributed by atoms with Crippen LogP contribution in [-0.4, -0.2) is 51.2 Å². The first kappa shape index (κ1) is 25.1. The lowest BCUT2D eigenvalue weighted by molar-refractivity contribution is -0.122. The van der Waals surface area contributed by atoms with Crippen molar-refractivity contribution in [3.05, 3.63) is 59.7 Å². The third-order valence-corrected chi connectivity index (χ3v) is 7.15. The Morgan fingerprint density at radius 2 is 1.70 bits per heavy atom. The van der Waals surface area contributed by atoms with E-state index < -0.39 is 16.1 Å². The second-order valence-corrected chi connectivity index (χ2v) is 10.3. The molecule has 0 unspecified atom stereocenters. The highest BCUT2D eigenvalue weighted by Gasteiger charge is 2.29. The van der Waals surface area contributed by atoms with Crippen LogP contribution in [-0.2, 0) is 27.9 Å². The van der Waals surface area contributed by atoms with E-state index in [1.165, 1.54) is 24.8 Å². The van der Waals surface area contributed by atoms with Crippen LogP contribution in [0.3, 0.4) is 0 Å². The third-order valence-electron chi connectivity index (χ3n) is 5.90. The SMILES string of the molecule is CCOc1ccc(N([C@H](C)C(=O)NCc2ccccc2CN2CCCCC2)S(C)(=O)=O)cc1. The Morgan fingerprint density at radius 1 is 1.06 bits per heavy atom. The molecule has 1 heterocycles. The number of likely N-dealkylation sites (tertiary alicyclic amines) is 1. The summed E-state index contributed by atoms with van der Waals surface area (Å²) in [6.07, 6.45) is 4.85. The van der Waals surface area contributed by atoms with Crippen LogP contribution in [0, 0.1) is 0 Å². The molecule has 2 aromatic carbocycles. The maximum atomic E-state index is 13.0. The van der Waals surface area contributed by atoms with Crippen molar-refractivity contribution in [3.8, 4) is 5.75 Å². The minimum absolute atomic E-state index is 0.345. The minimum Gasteiger partial charge on any atom is -0.494 e. The lowest BCUT2D eigenvalue weighted by atomic mass is 10.0. The van der Waals surface area contributed by atoms with Gasteiger partial charge in [0.05, 0.1) is 18.6 Å². The molecule has 33 heavy (non-hydrogen) atoms. The molecular weight excluding hydrogens is 438 g/mol. The maximum Gasteiger partial charge on any atom is 0.243 e. The predicted octanol–water partition coefficient (Wildman–Crippen LogP) is 3.54. The normalized spacial score (nSPS) is 15.6. The number of anilines is 1. The summed E-state index contributed by atoms with van der Waals surface area (Å²) >= 11 is 0. The summed E-state index contributed by atoms with van der Waals surface area (Å²) in [7, 11) is -3.67. The molecule has 3 rings (SSSR count). The number of hydrogen-bond donors (Lipinski definition) is 1. The first-order valence-electron chi connectivity index (χ1n) is 11.6. The van der Waals surface area contributed by atoms with E-state index in [2.05, 4.69) is 16.3 Å². The van der Waals surface area contributed by atoms with E-state index in [4.69, 9.17) is 4.74 Å². The Morgan fingerprint density at radius 3 is 2.30 bits per heavy atom. The van der Waals surface area contributed by atoms with Gasteiger partial charge < -0.3 is 10.1 Å². The molecule has 0 aliphatic carbocycles. The van der Waals surface area contributed by atoms with Gasteiger partial charge in [0, 0.05) is 13.1 Å². The Balaban J connectivity index is 1.69. The zero-order valence-electron chi connectivity index (χ0n) is 19.8. The quantitative estimate of drug-likeness (QED) is 0.571. The fourth-order valence-corrected chi connectivity index (χ4v) is 5.41. The molecule has 0 saturated carbocycles. The predicted molar refractivity (Wildman–Crippen MR) is 132 cm³/mol. The van der Waals surface area contributed by atoms with Gasteiger partial charge in [-0.1, -0.05) is 30.7 Å². The average Bonchev–Trinajstić information content (AvgIpc) is 2.79. The van der Waals surface area contributed by atoms with Crippen LogP contribution in [0.1, 0.15) is 44.2 Å². The van der Waals surface area contributed by atoms with Gasteiger partial charge in [-0.2, -0.15) is 0 Å². The van der Waals surface area contributed by atoms with Gasteiger partial charge in [-0.05, 0) is 75.2 Å². The summed E-state index contributed by atoms with van der Waals surface area (Å²) in [5, 5.41) is 2.94. The largest absolute Gasteiger partial charge is 0.494 e. The van der Waals surface area contributed by atoms with E-state index in [9.17, 15) is 13.2 Å². The Labute approximate surface area is 197 Å². The molecule has 1 aliphatic rings. The summed E-state index contributed by atoms with van der Waals surface area (Å²) in [5.74, 6) is 0.305. The van der Waals surface area contributed by atoms with Crippen molar-refractivity contribution < 1.29 is 17.9 Å². The van der Waals surface area contributed by atoms with Crippen molar-refractivity contribution >= 4 is 21.6 Å². The summed E-state index contributed by atoms with van der Waals surface area (Å²) in [5.41, 5.74) is 2.67. The first-order chi connectivity index (χ1) is 15.8. The molecule has 1 aliphatic heterocycles. The highest BCUT2D eigenvalue weighted by atomic mass is 32.2. The van der Waals surface area contributed by atoms with Gasteiger partial charge >= 0.3 is 0 Å². The maximum absolute atomic E-state index is 13.0. The number of amides is 1. The number of piperidine rings is 1. The topological polar surface area (TPSA) is 79.0 Å². The van der Waals surface area contributed by atoms with Crippen molar-refractivity contribution in [2.45, 2.75) is 52.2 Å². The fourth-order valence-electron chi connectivity index (χ4n) is 4.24. The van der Waals surface area contributed by atoms with E-state index >= 15 is 0 Å². The van der Waals surface area contributed by atoms with Crippen LogP contribution in [0.4, 0.5) is 5.69 Å². The van der Waals surface area contributed by atoms with Crippen LogP contribution in [0.25, 0.3) is 0 Å². The Kier molecular flexibility index (Phi) is 8.74. The van der Waals surface area contributed by atoms with Gasteiger partial charge in [0.2, 0.25) is 15.9 Å². The van der Waals surface area contributed by atoms with Crippen LogP contribution in [0.5, 0.6) is 5.75 Å². The third kappa shape index (κ3) is 6.95. The summed E-state index contributed by atoms with van der Waals surface area (Å²) < 4.78 is 31.7. The zero-order chi connectivity index (χ0) is 23.8. The fraction of sp³-hybridized carbons (Fsp3) is 0.480. The lowest BCUT2D eigenvalue weighted by Crippen LogP contribution is -2.47. The molecule has 1 fully saturated rings. The summed E-state index contributed by atoms with van der Waals surface area (Å²) in [6, 6.07) is 13.9. The van der Waals surface area contributed by atoms with Crippen LogP contribution in [0.15, 0.2) is 48.5 Å². The number of hydrogen-bond acceptors (Lipinski definition) is 5. The molecule has 0 bridgehead atoms. The van der Waals surface area contributed by atoms with Gasteiger partial charge in [-0.3, -0.25) is 14.0 Å². The smallest absolute Gasteiger partial charge is 0.243 e. The molecule has 180 valence electrons. The van der Waals surface area contributed by atoms with Gasteiger partial charge in [-0.15, -0.1) is 0 Å². The van der Waals surface area contributed by atoms with Gasteiger partial charge in [-0.25, -0.2) is 8.42 Å². The molecule has 1 atom stereocenters.